The first-order chi connectivity index (χ1) is 8.63. The van der Waals surface area contributed by atoms with Crippen LogP contribution in [-0.4, -0.2) is 14.9 Å². The van der Waals surface area contributed by atoms with Crippen molar-refractivity contribution >= 4 is 0 Å². The highest BCUT2D eigenvalue weighted by atomic mass is 16.3. The second-order valence-corrected chi connectivity index (χ2v) is 4.94. The standard InChI is InChI=1S/C15H20N2O/c1-4-13-14(12-8-6-5-7-9-12)15(18)16-17(13)10-11(2)3/h5-9,11H,4,10H2,1-3H3,(H,16,18). The number of benzene rings is 1. The van der Waals surface area contributed by atoms with E-state index in [1.165, 1.54) is 0 Å². The molecule has 1 aromatic heterocycles. The van der Waals surface area contributed by atoms with Gasteiger partial charge >= 0.3 is 0 Å². The van der Waals surface area contributed by atoms with E-state index in [0.717, 1.165) is 29.8 Å². The zero-order valence-corrected chi connectivity index (χ0v) is 11.2. The first-order valence-electron chi connectivity index (χ1n) is 6.47. The molecule has 2 rings (SSSR count). The van der Waals surface area contributed by atoms with E-state index in [-0.39, 0.29) is 5.88 Å². The van der Waals surface area contributed by atoms with E-state index in [4.69, 9.17) is 0 Å². The zero-order valence-electron chi connectivity index (χ0n) is 11.2. The van der Waals surface area contributed by atoms with Gasteiger partial charge in [-0.3, -0.25) is 4.68 Å². The van der Waals surface area contributed by atoms with Crippen LogP contribution in [0.4, 0.5) is 0 Å². The van der Waals surface area contributed by atoms with Gasteiger partial charge in [-0.25, -0.2) is 0 Å². The van der Waals surface area contributed by atoms with Gasteiger partial charge in [0.1, 0.15) is 0 Å². The molecule has 1 N–H and O–H groups in total. The lowest BCUT2D eigenvalue weighted by Crippen LogP contribution is -2.09. The van der Waals surface area contributed by atoms with Crippen molar-refractivity contribution in [2.45, 2.75) is 33.7 Å². The predicted molar refractivity (Wildman–Crippen MR) is 73.5 cm³/mol. The summed E-state index contributed by atoms with van der Waals surface area (Å²) in [5.41, 5.74) is 3.01. The highest BCUT2D eigenvalue weighted by molar-refractivity contribution is 5.71. The Hall–Kier alpha value is -1.77. The monoisotopic (exact) mass is 244 g/mol. The van der Waals surface area contributed by atoms with E-state index in [2.05, 4.69) is 25.9 Å². The van der Waals surface area contributed by atoms with Gasteiger partial charge in [0.2, 0.25) is 5.88 Å². The van der Waals surface area contributed by atoms with Gasteiger partial charge in [-0.05, 0) is 17.9 Å². The molecule has 1 heterocycles. The SMILES string of the molecule is CCc1c(-c2ccccc2)c(O)nn1CC(C)C. The molecule has 18 heavy (non-hydrogen) atoms. The molecule has 0 bridgehead atoms. The zero-order chi connectivity index (χ0) is 13.1. The van der Waals surface area contributed by atoms with E-state index in [1.54, 1.807) is 0 Å². The molecule has 2 aromatic rings. The molecule has 0 unspecified atom stereocenters. The first-order valence-corrected chi connectivity index (χ1v) is 6.47. The van der Waals surface area contributed by atoms with Gasteiger partial charge in [0.15, 0.2) is 0 Å². The minimum absolute atomic E-state index is 0.138. The van der Waals surface area contributed by atoms with Crippen molar-refractivity contribution in [2.24, 2.45) is 5.92 Å². The van der Waals surface area contributed by atoms with Gasteiger partial charge in [-0.1, -0.05) is 51.1 Å². The van der Waals surface area contributed by atoms with Crippen LogP contribution in [0.15, 0.2) is 30.3 Å². The summed E-state index contributed by atoms with van der Waals surface area (Å²) in [5, 5.41) is 14.3. The molecular formula is C15H20N2O. The maximum atomic E-state index is 10.1. The normalized spacial score (nSPS) is 11.1. The smallest absolute Gasteiger partial charge is 0.238 e. The Morgan fingerprint density at radius 3 is 2.44 bits per heavy atom. The number of hydrogen-bond donors (Lipinski definition) is 1. The largest absolute Gasteiger partial charge is 0.492 e. The van der Waals surface area contributed by atoms with Gasteiger partial charge in [0.25, 0.3) is 0 Å². The van der Waals surface area contributed by atoms with Gasteiger partial charge in [0, 0.05) is 12.2 Å². The maximum Gasteiger partial charge on any atom is 0.238 e. The molecule has 96 valence electrons. The lowest BCUT2D eigenvalue weighted by molar-refractivity contribution is 0.417. The molecule has 0 radical (unpaired) electrons. The Morgan fingerprint density at radius 1 is 1.22 bits per heavy atom. The first kappa shape index (κ1) is 12.7. The predicted octanol–water partition coefficient (Wildman–Crippen LogP) is 3.47. The van der Waals surface area contributed by atoms with E-state index in [1.807, 2.05) is 35.0 Å². The van der Waals surface area contributed by atoms with Crippen LogP contribution in [0.25, 0.3) is 11.1 Å². The second kappa shape index (κ2) is 5.25. The summed E-state index contributed by atoms with van der Waals surface area (Å²) in [6.07, 6.45) is 0.866. The number of aromatic hydroxyl groups is 1. The molecule has 0 aliphatic rings. The topological polar surface area (TPSA) is 38.1 Å². The van der Waals surface area contributed by atoms with E-state index in [0.29, 0.717) is 5.92 Å². The fraction of sp³-hybridized carbons (Fsp3) is 0.400. The summed E-state index contributed by atoms with van der Waals surface area (Å²) < 4.78 is 1.93. The molecule has 0 saturated carbocycles. The lowest BCUT2D eigenvalue weighted by Gasteiger charge is -2.09. The van der Waals surface area contributed by atoms with Crippen LogP contribution in [0.2, 0.25) is 0 Å². The fourth-order valence-electron chi connectivity index (χ4n) is 2.24. The summed E-state index contributed by atoms with van der Waals surface area (Å²) in [7, 11) is 0. The molecule has 0 fully saturated rings. The summed E-state index contributed by atoms with van der Waals surface area (Å²) in [6, 6.07) is 9.96. The Kier molecular flexibility index (Phi) is 3.70. The molecule has 0 aliphatic heterocycles. The van der Waals surface area contributed by atoms with Crippen molar-refractivity contribution < 1.29 is 5.11 Å². The van der Waals surface area contributed by atoms with Crippen molar-refractivity contribution in [3.05, 3.63) is 36.0 Å². The molecule has 3 heteroatoms. The molecule has 0 atom stereocenters. The Balaban J connectivity index is 2.50. The van der Waals surface area contributed by atoms with Crippen molar-refractivity contribution in [1.82, 2.24) is 9.78 Å². The molecule has 0 saturated heterocycles. The van der Waals surface area contributed by atoms with Gasteiger partial charge in [0.05, 0.1) is 5.56 Å². The quantitative estimate of drug-likeness (QED) is 0.894. The average Bonchev–Trinajstić information content (AvgIpc) is 2.65. The third-order valence-electron chi connectivity index (χ3n) is 2.97. The summed E-state index contributed by atoms with van der Waals surface area (Å²) in [5.74, 6) is 0.650. The minimum Gasteiger partial charge on any atom is -0.492 e. The third-order valence-corrected chi connectivity index (χ3v) is 2.97. The van der Waals surface area contributed by atoms with E-state index in [9.17, 15) is 5.11 Å². The fourth-order valence-corrected chi connectivity index (χ4v) is 2.24. The van der Waals surface area contributed by atoms with Crippen LogP contribution in [0.3, 0.4) is 0 Å². The third kappa shape index (κ3) is 2.40. The van der Waals surface area contributed by atoms with Crippen LogP contribution < -0.4 is 0 Å². The molecule has 0 amide bonds. The Bertz CT molecular complexity index is 515. The minimum atomic E-state index is 0.138. The molecule has 1 aromatic carbocycles. The van der Waals surface area contributed by atoms with Gasteiger partial charge in [-0.2, -0.15) is 0 Å². The Labute approximate surface area is 108 Å². The second-order valence-electron chi connectivity index (χ2n) is 4.94. The molecule has 3 nitrogen and oxygen atoms in total. The van der Waals surface area contributed by atoms with Crippen LogP contribution in [-0.2, 0) is 13.0 Å². The Morgan fingerprint density at radius 2 is 1.89 bits per heavy atom. The van der Waals surface area contributed by atoms with Crippen molar-refractivity contribution in [3.63, 3.8) is 0 Å². The number of aromatic nitrogens is 2. The van der Waals surface area contributed by atoms with Crippen molar-refractivity contribution in [2.75, 3.05) is 0 Å². The van der Waals surface area contributed by atoms with Crippen LogP contribution in [0, 0.1) is 5.92 Å². The van der Waals surface area contributed by atoms with E-state index < -0.39 is 0 Å². The number of nitrogens with zero attached hydrogens (tertiary/aromatic N) is 2. The molecule has 0 aliphatic carbocycles. The van der Waals surface area contributed by atoms with Crippen molar-refractivity contribution in [1.29, 1.82) is 0 Å². The van der Waals surface area contributed by atoms with Crippen LogP contribution >= 0.6 is 0 Å². The molecule has 0 spiro atoms. The van der Waals surface area contributed by atoms with Gasteiger partial charge in [-0.15, -0.1) is 5.10 Å². The van der Waals surface area contributed by atoms with Crippen LogP contribution in [0.1, 0.15) is 26.5 Å². The van der Waals surface area contributed by atoms with Crippen molar-refractivity contribution in [3.8, 4) is 17.0 Å². The highest BCUT2D eigenvalue weighted by Gasteiger charge is 2.17. The maximum absolute atomic E-state index is 10.1. The summed E-state index contributed by atoms with van der Waals surface area (Å²) in [6.45, 7) is 7.24. The van der Waals surface area contributed by atoms with Gasteiger partial charge < -0.3 is 5.11 Å². The lowest BCUT2D eigenvalue weighted by atomic mass is 10.0. The van der Waals surface area contributed by atoms with E-state index >= 15 is 0 Å². The molecular weight excluding hydrogens is 224 g/mol. The number of rotatable bonds is 4. The summed E-state index contributed by atoms with van der Waals surface area (Å²) in [4.78, 5) is 0. The van der Waals surface area contributed by atoms with Crippen LogP contribution in [0.5, 0.6) is 5.88 Å². The highest BCUT2D eigenvalue weighted by Crippen LogP contribution is 2.32. The number of hydrogen-bond acceptors (Lipinski definition) is 2. The average molecular weight is 244 g/mol. The summed E-state index contributed by atoms with van der Waals surface area (Å²) >= 11 is 0.